The molecule has 1 N–H and O–H groups in total. The average molecular weight is 202 g/mol. The Kier molecular flexibility index (Phi) is 6.15. The van der Waals surface area contributed by atoms with Gasteiger partial charge in [-0.3, -0.25) is 0 Å². The van der Waals surface area contributed by atoms with Crippen molar-refractivity contribution in [2.45, 2.75) is 57.8 Å². The molecule has 84 valence electrons. The molecule has 0 aromatic heterocycles. The van der Waals surface area contributed by atoms with E-state index >= 15 is 0 Å². The van der Waals surface area contributed by atoms with E-state index in [2.05, 4.69) is 6.92 Å². The van der Waals surface area contributed by atoms with E-state index in [4.69, 9.17) is 9.47 Å². The second kappa shape index (κ2) is 7.21. The van der Waals surface area contributed by atoms with E-state index in [0.29, 0.717) is 6.61 Å². The molecule has 0 amide bonds. The molecule has 1 aliphatic heterocycles. The lowest BCUT2D eigenvalue weighted by Crippen LogP contribution is -2.24. The predicted octanol–water partition coefficient (Wildman–Crippen LogP) is 2.08. The molecule has 0 aromatic carbocycles. The van der Waals surface area contributed by atoms with Crippen molar-refractivity contribution in [2.75, 3.05) is 13.2 Å². The minimum absolute atomic E-state index is 0.0161. The monoisotopic (exact) mass is 202 g/mol. The summed E-state index contributed by atoms with van der Waals surface area (Å²) in [6, 6.07) is 0. The summed E-state index contributed by atoms with van der Waals surface area (Å²) in [5.74, 6) is 0. The molecule has 0 bridgehead atoms. The van der Waals surface area contributed by atoms with Gasteiger partial charge in [0.25, 0.3) is 0 Å². The Bertz CT molecular complexity index is 132. The van der Waals surface area contributed by atoms with Gasteiger partial charge in [-0.25, -0.2) is 0 Å². The van der Waals surface area contributed by atoms with Crippen LogP contribution in [0.2, 0.25) is 0 Å². The highest BCUT2D eigenvalue weighted by molar-refractivity contribution is 4.57. The summed E-state index contributed by atoms with van der Waals surface area (Å²) in [4.78, 5) is 0. The van der Waals surface area contributed by atoms with Crippen LogP contribution in [0.1, 0.15) is 45.4 Å². The van der Waals surface area contributed by atoms with Crippen LogP contribution in [0.5, 0.6) is 0 Å². The van der Waals surface area contributed by atoms with Gasteiger partial charge in [0, 0.05) is 6.61 Å². The van der Waals surface area contributed by atoms with Crippen LogP contribution in [-0.4, -0.2) is 30.7 Å². The van der Waals surface area contributed by atoms with Gasteiger partial charge >= 0.3 is 0 Å². The van der Waals surface area contributed by atoms with Crippen molar-refractivity contribution in [1.82, 2.24) is 0 Å². The van der Waals surface area contributed by atoms with Crippen molar-refractivity contribution in [3.63, 3.8) is 0 Å². The molecule has 1 aliphatic rings. The minimum Gasteiger partial charge on any atom is -0.393 e. The standard InChI is InChI=1S/C11H22O3/c1-2-5-10(12)7-9-14-11-6-3-4-8-13-11/h10-12H,2-9H2,1H3/t10-,11?/m1/s1. The summed E-state index contributed by atoms with van der Waals surface area (Å²) in [6.07, 6.45) is 5.76. The lowest BCUT2D eigenvalue weighted by molar-refractivity contribution is -0.165. The zero-order chi connectivity index (χ0) is 10.2. The van der Waals surface area contributed by atoms with Crippen molar-refractivity contribution < 1.29 is 14.6 Å². The fourth-order valence-electron chi connectivity index (χ4n) is 1.66. The Labute approximate surface area is 86.4 Å². The van der Waals surface area contributed by atoms with E-state index in [1.54, 1.807) is 0 Å². The molecule has 2 atom stereocenters. The van der Waals surface area contributed by atoms with Crippen molar-refractivity contribution in [1.29, 1.82) is 0 Å². The maximum Gasteiger partial charge on any atom is 0.157 e. The summed E-state index contributed by atoms with van der Waals surface area (Å²) in [5, 5.41) is 9.46. The van der Waals surface area contributed by atoms with Gasteiger partial charge in [0.05, 0.1) is 12.7 Å². The molecule has 1 fully saturated rings. The lowest BCUT2D eigenvalue weighted by atomic mass is 10.1. The number of ether oxygens (including phenoxy) is 2. The number of aliphatic hydroxyl groups is 1. The number of hydrogen-bond donors (Lipinski definition) is 1. The van der Waals surface area contributed by atoms with Gasteiger partial charge < -0.3 is 14.6 Å². The highest BCUT2D eigenvalue weighted by atomic mass is 16.7. The second-order valence-corrected chi connectivity index (χ2v) is 3.90. The van der Waals surface area contributed by atoms with Crippen LogP contribution < -0.4 is 0 Å². The second-order valence-electron chi connectivity index (χ2n) is 3.90. The topological polar surface area (TPSA) is 38.7 Å². The first-order valence-electron chi connectivity index (χ1n) is 5.74. The molecule has 14 heavy (non-hydrogen) atoms. The average Bonchev–Trinajstić information content (AvgIpc) is 2.20. The zero-order valence-corrected chi connectivity index (χ0v) is 9.08. The molecule has 1 rings (SSSR count). The van der Waals surface area contributed by atoms with Crippen LogP contribution >= 0.6 is 0 Å². The van der Waals surface area contributed by atoms with E-state index in [9.17, 15) is 5.11 Å². The molecule has 0 aromatic rings. The molecule has 0 radical (unpaired) electrons. The van der Waals surface area contributed by atoms with E-state index in [1.807, 2.05) is 0 Å². The maximum absolute atomic E-state index is 9.46. The molecule has 3 nitrogen and oxygen atoms in total. The van der Waals surface area contributed by atoms with Crippen LogP contribution in [0.4, 0.5) is 0 Å². The fraction of sp³-hybridized carbons (Fsp3) is 1.00. The maximum atomic E-state index is 9.46. The van der Waals surface area contributed by atoms with Crippen molar-refractivity contribution in [3.8, 4) is 0 Å². The smallest absolute Gasteiger partial charge is 0.157 e. The van der Waals surface area contributed by atoms with Gasteiger partial charge in [-0.05, 0) is 32.1 Å². The third-order valence-corrected chi connectivity index (χ3v) is 2.51. The highest BCUT2D eigenvalue weighted by Gasteiger charge is 2.14. The van der Waals surface area contributed by atoms with E-state index in [1.165, 1.54) is 6.42 Å². The summed E-state index contributed by atoms with van der Waals surface area (Å²) >= 11 is 0. The Balaban J connectivity index is 1.96. The SMILES string of the molecule is CCC[C@@H](O)CCOC1CCCCO1. The minimum atomic E-state index is -0.205. The van der Waals surface area contributed by atoms with Gasteiger partial charge in [0.2, 0.25) is 0 Å². The van der Waals surface area contributed by atoms with Gasteiger partial charge in [-0.2, -0.15) is 0 Å². The van der Waals surface area contributed by atoms with E-state index in [0.717, 1.165) is 38.7 Å². The van der Waals surface area contributed by atoms with Gasteiger partial charge in [0.15, 0.2) is 6.29 Å². The molecule has 0 saturated carbocycles. The Morgan fingerprint density at radius 2 is 2.29 bits per heavy atom. The van der Waals surface area contributed by atoms with Crippen LogP contribution in [0.25, 0.3) is 0 Å². The third kappa shape index (κ3) is 4.94. The molecule has 1 heterocycles. The summed E-state index contributed by atoms with van der Waals surface area (Å²) in [6.45, 7) is 3.52. The van der Waals surface area contributed by atoms with E-state index < -0.39 is 0 Å². The first-order chi connectivity index (χ1) is 6.83. The van der Waals surface area contributed by atoms with Crippen molar-refractivity contribution in [2.24, 2.45) is 0 Å². The van der Waals surface area contributed by atoms with Crippen molar-refractivity contribution >= 4 is 0 Å². The van der Waals surface area contributed by atoms with Crippen LogP contribution in [0.3, 0.4) is 0 Å². The quantitative estimate of drug-likeness (QED) is 0.716. The fourth-order valence-corrected chi connectivity index (χ4v) is 1.66. The number of aliphatic hydroxyl groups excluding tert-OH is 1. The van der Waals surface area contributed by atoms with Gasteiger partial charge in [-0.15, -0.1) is 0 Å². The molecular weight excluding hydrogens is 180 g/mol. The molecule has 1 saturated heterocycles. The number of hydrogen-bond acceptors (Lipinski definition) is 3. The Morgan fingerprint density at radius 1 is 1.43 bits per heavy atom. The Morgan fingerprint density at radius 3 is 2.93 bits per heavy atom. The number of rotatable bonds is 6. The van der Waals surface area contributed by atoms with Crippen LogP contribution in [-0.2, 0) is 9.47 Å². The third-order valence-electron chi connectivity index (χ3n) is 2.51. The van der Waals surface area contributed by atoms with Gasteiger partial charge in [0.1, 0.15) is 0 Å². The first kappa shape index (κ1) is 12.0. The molecule has 0 aliphatic carbocycles. The van der Waals surface area contributed by atoms with E-state index in [-0.39, 0.29) is 12.4 Å². The first-order valence-corrected chi connectivity index (χ1v) is 5.74. The Hall–Kier alpha value is -0.120. The van der Waals surface area contributed by atoms with Crippen molar-refractivity contribution in [3.05, 3.63) is 0 Å². The summed E-state index contributed by atoms with van der Waals surface area (Å²) in [5.41, 5.74) is 0. The predicted molar refractivity (Wildman–Crippen MR) is 55.1 cm³/mol. The highest BCUT2D eigenvalue weighted by Crippen LogP contribution is 2.14. The summed E-state index contributed by atoms with van der Waals surface area (Å²) < 4.78 is 10.9. The zero-order valence-electron chi connectivity index (χ0n) is 9.08. The van der Waals surface area contributed by atoms with Gasteiger partial charge in [-0.1, -0.05) is 13.3 Å². The van der Waals surface area contributed by atoms with Crippen LogP contribution in [0, 0.1) is 0 Å². The lowest BCUT2D eigenvalue weighted by Gasteiger charge is -2.23. The molecule has 1 unspecified atom stereocenters. The molecule has 0 spiro atoms. The largest absolute Gasteiger partial charge is 0.393 e. The molecular formula is C11H22O3. The van der Waals surface area contributed by atoms with Crippen LogP contribution in [0.15, 0.2) is 0 Å². The molecule has 3 heteroatoms. The normalized spacial score (nSPS) is 24.9. The summed E-state index contributed by atoms with van der Waals surface area (Å²) in [7, 11) is 0.